The fraction of sp³-hybridized carbons (Fsp3) is 0.545. The molecule has 0 amide bonds. The highest BCUT2D eigenvalue weighted by Gasteiger charge is 2.18. The van der Waals surface area contributed by atoms with Gasteiger partial charge in [-0.1, -0.05) is 0 Å². The second kappa shape index (κ2) is 4.49. The normalized spacial score (nSPS) is 17.7. The molecule has 1 saturated heterocycles. The molecule has 1 aromatic rings. The molecule has 0 bridgehead atoms. The maximum Gasteiger partial charge on any atom is 0.123 e. The predicted molar refractivity (Wildman–Crippen MR) is 60.9 cm³/mol. The molecule has 1 aromatic heterocycles. The van der Waals surface area contributed by atoms with E-state index >= 15 is 0 Å². The maximum atomic E-state index is 5.56. The van der Waals surface area contributed by atoms with Gasteiger partial charge in [-0.25, -0.2) is 4.98 Å². The van der Waals surface area contributed by atoms with Crippen LogP contribution >= 0.6 is 0 Å². The molecule has 15 heavy (non-hydrogen) atoms. The van der Waals surface area contributed by atoms with E-state index in [4.69, 9.17) is 10.5 Å². The van der Waals surface area contributed by atoms with Crippen molar-refractivity contribution in [2.45, 2.75) is 18.9 Å². The van der Waals surface area contributed by atoms with Crippen LogP contribution in [0.5, 0.6) is 0 Å². The molecule has 0 saturated carbocycles. The highest BCUT2D eigenvalue weighted by atomic mass is 16.5. The van der Waals surface area contributed by atoms with Crippen LogP contribution in [0.4, 0.5) is 11.5 Å². The molecule has 2 N–H and O–H groups in total. The Kier molecular flexibility index (Phi) is 3.06. The highest BCUT2D eigenvalue weighted by Crippen LogP contribution is 2.20. The number of pyridine rings is 1. The molecule has 0 spiro atoms. The molecular formula is C11H17N3O. The molecule has 4 heteroatoms. The Hall–Kier alpha value is -1.29. The molecule has 4 nitrogen and oxygen atoms in total. The quantitative estimate of drug-likeness (QED) is 0.793. The van der Waals surface area contributed by atoms with Crippen molar-refractivity contribution in [1.82, 2.24) is 4.98 Å². The first kappa shape index (κ1) is 10.2. The summed E-state index contributed by atoms with van der Waals surface area (Å²) >= 11 is 0. The van der Waals surface area contributed by atoms with Gasteiger partial charge in [0.15, 0.2) is 0 Å². The SMILES string of the molecule is CN(c1ccc(N)nc1)C1CCOCC1. The van der Waals surface area contributed by atoms with Crippen molar-refractivity contribution in [3.8, 4) is 0 Å². The zero-order valence-corrected chi connectivity index (χ0v) is 9.02. The second-order valence-corrected chi connectivity index (χ2v) is 3.90. The van der Waals surface area contributed by atoms with E-state index in [1.807, 2.05) is 18.3 Å². The fourth-order valence-electron chi connectivity index (χ4n) is 1.89. The highest BCUT2D eigenvalue weighted by molar-refractivity contribution is 5.48. The summed E-state index contributed by atoms with van der Waals surface area (Å²) in [5, 5.41) is 0. The van der Waals surface area contributed by atoms with Crippen molar-refractivity contribution in [2.24, 2.45) is 0 Å². The van der Waals surface area contributed by atoms with E-state index < -0.39 is 0 Å². The van der Waals surface area contributed by atoms with Crippen molar-refractivity contribution in [3.63, 3.8) is 0 Å². The summed E-state index contributed by atoms with van der Waals surface area (Å²) in [6.07, 6.45) is 3.99. The van der Waals surface area contributed by atoms with E-state index in [0.29, 0.717) is 11.9 Å². The van der Waals surface area contributed by atoms with Crippen LogP contribution in [-0.4, -0.2) is 31.3 Å². The standard InChI is InChI=1S/C11H17N3O/c1-14(9-4-6-15-7-5-9)10-2-3-11(12)13-8-10/h2-3,8-9H,4-7H2,1H3,(H2,12,13). The molecule has 0 unspecified atom stereocenters. The Bertz CT molecular complexity index is 306. The zero-order chi connectivity index (χ0) is 10.7. The molecule has 1 aliphatic rings. The number of ether oxygens (including phenoxy) is 1. The van der Waals surface area contributed by atoms with Crippen LogP contribution in [0.3, 0.4) is 0 Å². The van der Waals surface area contributed by atoms with Gasteiger partial charge in [0.2, 0.25) is 0 Å². The van der Waals surface area contributed by atoms with Crippen LogP contribution in [0.15, 0.2) is 18.3 Å². The van der Waals surface area contributed by atoms with Crippen LogP contribution in [-0.2, 0) is 4.74 Å². The van der Waals surface area contributed by atoms with Gasteiger partial charge in [-0.3, -0.25) is 0 Å². The lowest BCUT2D eigenvalue weighted by Crippen LogP contribution is -2.36. The van der Waals surface area contributed by atoms with Gasteiger partial charge in [0, 0.05) is 26.3 Å². The van der Waals surface area contributed by atoms with E-state index in [-0.39, 0.29) is 0 Å². The van der Waals surface area contributed by atoms with Crippen LogP contribution in [0.25, 0.3) is 0 Å². The van der Waals surface area contributed by atoms with Crippen molar-refractivity contribution in [2.75, 3.05) is 30.9 Å². The first-order valence-corrected chi connectivity index (χ1v) is 5.29. The third-order valence-corrected chi connectivity index (χ3v) is 2.92. The average Bonchev–Trinajstić information content (AvgIpc) is 2.30. The molecular weight excluding hydrogens is 190 g/mol. The van der Waals surface area contributed by atoms with Crippen LogP contribution in [0.1, 0.15) is 12.8 Å². The van der Waals surface area contributed by atoms with E-state index in [1.165, 1.54) is 0 Å². The van der Waals surface area contributed by atoms with Crippen LogP contribution in [0.2, 0.25) is 0 Å². The number of nitrogens with zero attached hydrogens (tertiary/aromatic N) is 2. The number of nitrogens with two attached hydrogens (primary N) is 1. The molecule has 2 heterocycles. The van der Waals surface area contributed by atoms with Crippen LogP contribution in [0, 0.1) is 0 Å². The van der Waals surface area contributed by atoms with Crippen molar-refractivity contribution in [3.05, 3.63) is 18.3 Å². The molecule has 2 rings (SSSR count). The Labute approximate surface area is 90.0 Å². The van der Waals surface area contributed by atoms with Gasteiger partial charge in [0.1, 0.15) is 5.82 Å². The first-order valence-electron chi connectivity index (χ1n) is 5.29. The van der Waals surface area contributed by atoms with E-state index in [0.717, 1.165) is 31.7 Å². The summed E-state index contributed by atoms with van der Waals surface area (Å²) < 4.78 is 5.34. The van der Waals surface area contributed by atoms with Gasteiger partial charge in [0.05, 0.1) is 11.9 Å². The summed E-state index contributed by atoms with van der Waals surface area (Å²) in [5.41, 5.74) is 6.68. The summed E-state index contributed by atoms with van der Waals surface area (Å²) in [7, 11) is 2.10. The molecule has 0 atom stereocenters. The van der Waals surface area contributed by atoms with Crippen molar-refractivity contribution >= 4 is 11.5 Å². The minimum absolute atomic E-state index is 0.559. The lowest BCUT2D eigenvalue weighted by Gasteiger charge is -2.32. The van der Waals surface area contributed by atoms with E-state index in [1.54, 1.807) is 0 Å². The Morgan fingerprint density at radius 3 is 2.73 bits per heavy atom. The van der Waals surface area contributed by atoms with E-state index in [9.17, 15) is 0 Å². The number of hydrogen-bond acceptors (Lipinski definition) is 4. The van der Waals surface area contributed by atoms with Crippen molar-refractivity contribution < 1.29 is 4.74 Å². The monoisotopic (exact) mass is 207 g/mol. The lowest BCUT2D eigenvalue weighted by atomic mass is 10.1. The molecule has 0 aliphatic carbocycles. The second-order valence-electron chi connectivity index (χ2n) is 3.90. The molecule has 0 aromatic carbocycles. The summed E-state index contributed by atoms with van der Waals surface area (Å²) in [6.45, 7) is 1.72. The third kappa shape index (κ3) is 2.39. The molecule has 1 aliphatic heterocycles. The van der Waals surface area contributed by atoms with Crippen molar-refractivity contribution in [1.29, 1.82) is 0 Å². The van der Waals surface area contributed by atoms with E-state index in [2.05, 4.69) is 16.9 Å². The Morgan fingerprint density at radius 2 is 2.13 bits per heavy atom. The fourth-order valence-corrected chi connectivity index (χ4v) is 1.89. The van der Waals surface area contributed by atoms with Gasteiger partial charge < -0.3 is 15.4 Å². The minimum atomic E-state index is 0.559. The Morgan fingerprint density at radius 1 is 1.40 bits per heavy atom. The largest absolute Gasteiger partial charge is 0.384 e. The number of aromatic nitrogens is 1. The van der Waals surface area contributed by atoms with Gasteiger partial charge in [0.25, 0.3) is 0 Å². The maximum absolute atomic E-state index is 5.56. The first-order chi connectivity index (χ1) is 7.27. The smallest absolute Gasteiger partial charge is 0.123 e. The number of hydrogen-bond donors (Lipinski definition) is 1. The Balaban J connectivity index is 2.05. The summed E-state index contributed by atoms with van der Waals surface area (Å²) in [4.78, 5) is 6.36. The summed E-state index contributed by atoms with van der Waals surface area (Å²) in [5.74, 6) is 0.569. The number of anilines is 2. The van der Waals surface area contributed by atoms with Gasteiger partial charge >= 0.3 is 0 Å². The molecule has 1 fully saturated rings. The molecule has 82 valence electrons. The van der Waals surface area contributed by atoms with Crippen LogP contribution < -0.4 is 10.6 Å². The minimum Gasteiger partial charge on any atom is -0.384 e. The zero-order valence-electron chi connectivity index (χ0n) is 9.02. The van der Waals surface area contributed by atoms with Gasteiger partial charge in [-0.05, 0) is 25.0 Å². The number of nitrogen functional groups attached to an aromatic ring is 1. The topological polar surface area (TPSA) is 51.4 Å². The average molecular weight is 207 g/mol. The molecule has 0 radical (unpaired) electrons. The van der Waals surface area contributed by atoms with Gasteiger partial charge in [-0.2, -0.15) is 0 Å². The third-order valence-electron chi connectivity index (χ3n) is 2.92. The predicted octanol–water partition coefficient (Wildman–Crippen LogP) is 1.28. The lowest BCUT2D eigenvalue weighted by molar-refractivity contribution is 0.0855. The van der Waals surface area contributed by atoms with Gasteiger partial charge in [-0.15, -0.1) is 0 Å². The number of rotatable bonds is 2. The summed E-state index contributed by atoms with van der Waals surface area (Å²) in [6, 6.07) is 4.41.